The molecule has 1 rings (SSSR count). The normalized spacial score (nSPS) is 21.8. The van der Waals surface area contributed by atoms with Crippen LogP contribution in [-0.2, 0) is 9.59 Å². The largest absolute Gasteiger partial charge is 0.481 e. The number of amides is 1. The molecule has 1 aliphatic rings. The van der Waals surface area contributed by atoms with Crippen molar-refractivity contribution in [3.8, 4) is 0 Å². The lowest BCUT2D eigenvalue weighted by atomic mass is 9.77. The van der Waals surface area contributed by atoms with E-state index in [4.69, 9.17) is 5.11 Å². The van der Waals surface area contributed by atoms with Crippen LogP contribution in [0.2, 0.25) is 0 Å². The van der Waals surface area contributed by atoms with Crippen molar-refractivity contribution in [2.24, 2.45) is 5.41 Å². The number of hydrogen-bond acceptors (Lipinski definition) is 3. The summed E-state index contributed by atoms with van der Waals surface area (Å²) in [5.74, 6) is -0.702. The zero-order valence-electron chi connectivity index (χ0n) is 13.1. The van der Waals surface area contributed by atoms with Gasteiger partial charge in [-0.05, 0) is 45.1 Å². The molecular weight excluding hydrogens is 256 g/mol. The maximum absolute atomic E-state index is 12.7. The molecule has 5 heteroatoms. The molecule has 0 bridgehead atoms. The highest BCUT2D eigenvalue weighted by Crippen LogP contribution is 2.31. The van der Waals surface area contributed by atoms with E-state index in [1.807, 2.05) is 18.7 Å². The molecule has 1 aliphatic heterocycles. The smallest absolute Gasteiger partial charge is 0.303 e. The molecular formula is C15H28N2O3. The number of aliphatic carboxylic acids is 1. The second-order valence-corrected chi connectivity index (χ2v) is 6.60. The van der Waals surface area contributed by atoms with Crippen molar-refractivity contribution in [1.82, 2.24) is 10.2 Å². The van der Waals surface area contributed by atoms with Gasteiger partial charge in [0.15, 0.2) is 0 Å². The van der Waals surface area contributed by atoms with E-state index in [0.717, 1.165) is 19.4 Å². The van der Waals surface area contributed by atoms with Crippen molar-refractivity contribution in [1.29, 1.82) is 0 Å². The summed E-state index contributed by atoms with van der Waals surface area (Å²) in [6, 6.07) is -0.0701. The minimum Gasteiger partial charge on any atom is -0.481 e. The molecule has 2 N–H and O–H groups in total. The first kappa shape index (κ1) is 17.0. The fourth-order valence-electron chi connectivity index (χ4n) is 2.82. The van der Waals surface area contributed by atoms with Crippen LogP contribution in [0.5, 0.6) is 0 Å². The van der Waals surface area contributed by atoms with Crippen LogP contribution in [0.25, 0.3) is 0 Å². The van der Waals surface area contributed by atoms with E-state index in [-0.39, 0.29) is 29.8 Å². The Hall–Kier alpha value is -1.10. The summed E-state index contributed by atoms with van der Waals surface area (Å²) in [4.78, 5) is 25.2. The van der Waals surface area contributed by atoms with E-state index in [1.165, 1.54) is 0 Å². The van der Waals surface area contributed by atoms with Gasteiger partial charge in [0.25, 0.3) is 0 Å². The molecule has 0 aromatic carbocycles. The number of piperidine rings is 1. The van der Waals surface area contributed by atoms with Gasteiger partial charge < -0.3 is 15.3 Å². The first-order chi connectivity index (χ1) is 9.25. The van der Waals surface area contributed by atoms with Crippen LogP contribution < -0.4 is 5.32 Å². The quantitative estimate of drug-likeness (QED) is 0.781. The third kappa shape index (κ3) is 4.47. The standard InChI is InChI=1S/C15H28N2O3/c1-11(2)17(10-5-7-12(18)19)14(20)13-15(3,4)8-6-9-16-13/h11,13,16H,5-10H2,1-4H3,(H,18,19). The third-order valence-corrected chi connectivity index (χ3v) is 4.07. The van der Waals surface area contributed by atoms with E-state index in [0.29, 0.717) is 13.0 Å². The highest BCUT2D eigenvalue weighted by Gasteiger charge is 2.39. The Kier molecular flexibility index (Phi) is 5.99. The predicted molar refractivity (Wildman–Crippen MR) is 78.5 cm³/mol. The van der Waals surface area contributed by atoms with E-state index < -0.39 is 5.97 Å². The van der Waals surface area contributed by atoms with Crippen LogP contribution >= 0.6 is 0 Å². The number of hydrogen-bond donors (Lipinski definition) is 2. The molecule has 1 unspecified atom stereocenters. The van der Waals surface area contributed by atoms with Crippen molar-refractivity contribution in [3.63, 3.8) is 0 Å². The van der Waals surface area contributed by atoms with Crippen molar-refractivity contribution >= 4 is 11.9 Å². The summed E-state index contributed by atoms with van der Waals surface area (Å²) < 4.78 is 0. The van der Waals surface area contributed by atoms with Gasteiger partial charge in [0, 0.05) is 19.0 Å². The molecule has 0 aromatic rings. The molecule has 116 valence electrons. The van der Waals surface area contributed by atoms with Gasteiger partial charge in [-0.25, -0.2) is 0 Å². The van der Waals surface area contributed by atoms with Gasteiger partial charge >= 0.3 is 5.97 Å². The topological polar surface area (TPSA) is 69.6 Å². The summed E-state index contributed by atoms with van der Waals surface area (Å²) >= 11 is 0. The summed E-state index contributed by atoms with van der Waals surface area (Å²) in [7, 11) is 0. The molecule has 5 nitrogen and oxygen atoms in total. The van der Waals surface area contributed by atoms with Crippen LogP contribution in [-0.4, -0.2) is 47.1 Å². The van der Waals surface area contributed by atoms with Gasteiger partial charge in [-0.15, -0.1) is 0 Å². The molecule has 0 radical (unpaired) electrons. The number of nitrogens with one attached hydrogen (secondary N) is 1. The molecule has 0 aromatic heterocycles. The van der Waals surface area contributed by atoms with Crippen LogP contribution in [0.15, 0.2) is 0 Å². The Bertz CT molecular complexity index is 353. The van der Waals surface area contributed by atoms with Crippen molar-refractivity contribution in [3.05, 3.63) is 0 Å². The lowest BCUT2D eigenvalue weighted by molar-refractivity contribution is -0.141. The average molecular weight is 284 g/mol. The maximum atomic E-state index is 12.7. The fraction of sp³-hybridized carbons (Fsp3) is 0.867. The molecule has 0 aliphatic carbocycles. The molecule has 0 saturated carbocycles. The Labute approximate surface area is 121 Å². The van der Waals surface area contributed by atoms with Gasteiger partial charge in [0.05, 0.1) is 6.04 Å². The molecule has 1 amide bonds. The van der Waals surface area contributed by atoms with Crippen LogP contribution in [0.1, 0.15) is 53.4 Å². The Morgan fingerprint density at radius 1 is 1.40 bits per heavy atom. The van der Waals surface area contributed by atoms with Crippen molar-refractivity contribution < 1.29 is 14.7 Å². The monoisotopic (exact) mass is 284 g/mol. The number of rotatable bonds is 6. The fourth-order valence-corrected chi connectivity index (χ4v) is 2.82. The van der Waals surface area contributed by atoms with Crippen molar-refractivity contribution in [2.75, 3.05) is 13.1 Å². The van der Waals surface area contributed by atoms with E-state index in [2.05, 4.69) is 19.2 Å². The van der Waals surface area contributed by atoms with Gasteiger partial charge in [-0.1, -0.05) is 13.8 Å². The van der Waals surface area contributed by atoms with Gasteiger partial charge in [0.1, 0.15) is 0 Å². The van der Waals surface area contributed by atoms with Crippen LogP contribution in [0, 0.1) is 5.41 Å². The number of nitrogens with zero attached hydrogens (tertiary/aromatic N) is 1. The lowest BCUT2D eigenvalue weighted by Gasteiger charge is -2.42. The van der Waals surface area contributed by atoms with E-state index >= 15 is 0 Å². The summed E-state index contributed by atoms with van der Waals surface area (Å²) in [5.41, 5.74) is -0.0464. The molecule has 1 heterocycles. The van der Waals surface area contributed by atoms with Gasteiger partial charge in [-0.2, -0.15) is 0 Å². The summed E-state index contributed by atoms with van der Waals surface area (Å²) in [6.45, 7) is 9.59. The first-order valence-electron chi connectivity index (χ1n) is 7.51. The van der Waals surface area contributed by atoms with Crippen LogP contribution in [0.3, 0.4) is 0 Å². The Morgan fingerprint density at radius 2 is 2.05 bits per heavy atom. The molecule has 20 heavy (non-hydrogen) atoms. The summed E-state index contributed by atoms with van der Waals surface area (Å²) in [5, 5.41) is 12.1. The van der Waals surface area contributed by atoms with Gasteiger partial charge in [0.2, 0.25) is 5.91 Å². The molecule has 0 spiro atoms. The first-order valence-corrected chi connectivity index (χ1v) is 7.51. The highest BCUT2D eigenvalue weighted by atomic mass is 16.4. The zero-order valence-corrected chi connectivity index (χ0v) is 13.1. The Morgan fingerprint density at radius 3 is 2.55 bits per heavy atom. The third-order valence-electron chi connectivity index (χ3n) is 4.07. The molecule has 1 saturated heterocycles. The minimum absolute atomic E-state index is 0.0464. The maximum Gasteiger partial charge on any atom is 0.303 e. The summed E-state index contributed by atoms with van der Waals surface area (Å²) in [6.07, 6.45) is 2.75. The van der Waals surface area contributed by atoms with E-state index in [1.54, 1.807) is 0 Å². The Balaban J connectivity index is 2.70. The zero-order chi connectivity index (χ0) is 15.3. The highest BCUT2D eigenvalue weighted by molar-refractivity contribution is 5.83. The minimum atomic E-state index is -0.808. The second kappa shape index (κ2) is 7.07. The number of carboxylic acid groups (broad SMARTS) is 1. The molecule has 1 atom stereocenters. The van der Waals surface area contributed by atoms with Crippen molar-refractivity contribution in [2.45, 2.75) is 65.5 Å². The number of carboxylic acids is 1. The molecule has 1 fully saturated rings. The van der Waals surface area contributed by atoms with E-state index in [9.17, 15) is 9.59 Å². The second-order valence-electron chi connectivity index (χ2n) is 6.60. The lowest BCUT2D eigenvalue weighted by Crippen LogP contribution is -2.57. The SMILES string of the molecule is CC(C)N(CCCC(=O)O)C(=O)C1NCCCC1(C)C. The number of carbonyl (C=O) groups is 2. The van der Waals surface area contributed by atoms with Crippen LogP contribution in [0.4, 0.5) is 0 Å². The average Bonchev–Trinajstić information content (AvgIpc) is 2.32. The number of carbonyl (C=O) groups excluding carboxylic acids is 1. The van der Waals surface area contributed by atoms with Gasteiger partial charge in [-0.3, -0.25) is 9.59 Å². The predicted octanol–water partition coefficient (Wildman–Crippen LogP) is 1.87.